The predicted octanol–water partition coefficient (Wildman–Crippen LogP) is 2.06. The maximum atomic E-state index is 13.3. The molecule has 1 N–H and O–H groups in total. The summed E-state index contributed by atoms with van der Waals surface area (Å²) in [5.41, 5.74) is 0. The van der Waals surface area contributed by atoms with E-state index in [0.29, 0.717) is 30.5 Å². The molecule has 2 heterocycles. The summed E-state index contributed by atoms with van der Waals surface area (Å²) in [4.78, 5) is 20.3. The number of carbonyl (C=O) groups is 1. The second-order valence-corrected chi connectivity index (χ2v) is 6.41. The first-order valence-corrected chi connectivity index (χ1v) is 8.88. The number of benzene rings is 1. The van der Waals surface area contributed by atoms with Crippen molar-refractivity contribution in [3.63, 3.8) is 0 Å². The summed E-state index contributed by atoms with van der Waals surface area (Å²) in [7, 11) is 0. The second-order valence-electron chi connectivity index (χ2n) is 5.47. The first-order chi connectivity index (χ1) is 12.2. The number of amides is 1. The van der Waals surface area contributed by atoms with E-state index in [1.165, 1.54) is 23.9 Å². The van der Waals surface area contributed by atoms with Gasteiger partial charge in [-0.05, 0) is 18.2 Å². The van der Waals surface area contributed by atoms with Crippen LogP contribution in [0.25, 0.3) is 0 Å². The van der Waals surface area contributed by atoms with Gasteiger partial charge in [0.2, 0.25) is 5.91 Å². The largest absolute Gasteiger partial charge is 0.488 e. The third kappa shape index (κ3) is 5.40. The average Bonchev–Trinajstić information content (AvgIpc) is 2.63. The highest BCUT2D eigenvalue weighted by Gasteiger charge is 2.29. The van der Waals surface area contributed by atoms with Crippen LogP contribution in [0.3, 0.4) is 0 Å². The molecule has 0 spiro atoms. The van der Waals surface area contributed by atoms with Crippen molar-refractivity contribution in [1.29, 1.82) is 0 Å². The fraction of sp³-hybridized carbons (Fsp3) is 0.353. The summed E-state index contributed by atoms with van der Waals surface area (Å²) in [5, 5.41) is 3.46. The Morgan fingerprint density at radius 2 is 2.20 bits per heavy atom. The van der Waals surface area contributed by atoms with Crippen molar-refractivity contribution in [1.82, 2.24) is 15.3 Å². The number of halogens is 1. The molecule has 2 aromatic rings. The highest BCUT2D eigenvalue weighted by atomic mass is 32.2. The fourth-order valence-electron chi connectivity index (χ4n) is 2.45. The molecule has 0 aliphatic carbocycles. The maximum Gasteiger partial charge on any atom is 0.230 e. The third-order valence-corrected chi connectivity index (χ3v) is 4.47. The number of ether oxygens (including phenoxy) is 2. The van der Waals surface area contributed by atoms with Gasteiger partial charge in [0.25, 0.3) is 0 Å². The van der Waals surface area contributed by atoms with E-state index in [0.717, 1.165) is 0 Å². The molecule has 0 saturated carbocycles. The Morgan fingerprint density at radius 1 is 1.36 bits per heavy atom. The summed E-state index contributed by atoms with van der Waals surface area (Å²) in [5.74, 6) is 0.135. The van der Waals surface area contributed by atoms with Crippen LogP contribution < -0.4 is 10.1 Å². The van der Waals surface area contributed by atoms with Gasteiger partial charge in [0.1, 0.15) is 17.7 Å². The van der Waals surface area contributed by atoms with Crippen LogP contribution in [0.15, 0.2) is 47.9 Å². The summed E-state index contributed by atoms with van der Waals surface area (Å²) in [6.45, 7) is 0.900. The second kappa shape index (κ2) is 8.77. The molecule has 8 heteroatoms. The highest BCUT2D eigenvalue weighted by molar-refractivity contribution is 7.99. The smallest absolute Gasteiger partial charge is 0.230 e. The number of nitrogens with zero attached hydrogens (tertiary/aromatic N) is 2. The SMILES string of the molecule is O=C(CSc1ncccn1)N[C@@H]1COCC[C@@H]1Oc1cccc(F)c1. The molecule has 0 bridgehead atoms. The molecule has 1 aliphatic rings. The van der Waals surface area contributed by atoms with Crippen LogP contribution in [-0.4, -0.2) is 47.0 Å². The Hall–Kier alpha value is -2.19. The fourth-order valence-corrected chi connectivity index (χ4v) is 3.06. The van der Waals surface area contributed by atoms with Crippen molar-refractivity contribution in [2.24, 2.45) is 0 Å². The zero-order valence-corrected chi connectivity index (χ0v) is 14.2. The van der Waals surface area contributed by atoms with Crippen molar-refractivity contribution in [3.05, 3.63) is 48.5 Å². The van der Waals surface area contributed by atoms with E-state index in [1.54, 1.807) is 30.6 Å². The zero-order chi connectivity index (χ0) is 17.5. The quantitative estimate of drug-likeness (QED) is 0.626. The first kappa shape index (κ1) is 17.6. The van der Waals surface area contributed by atoms with Gasteiger partial charge in [0.05, 0.1) is 25.0 Å². The molecule has 2 atom stereocenters. The van der Waals surface area contributed by atoms with E-state index >= 15 is 0 Å². The summed E-state index contributed by atoms with van der Waals surface area (Å²) >= 11 is 1.26. The summed E-state index contributed by atoms with van der Waals surface area (Å²) in [6, 6.07) is 7.41. The number of hydrogen-bond donors (Lipinski definition) is 1. The van der Waals surface area contributed by atoms with Crippen molar-refractivity contribution in [3.8, 4) is 5.75 Å². The number of aromatic nitrogens is 2. The summed E-state index contributed by atoms with van der Waals surface area (Å²) in [6.07, 6.45) is 3.62. The van der Waals surface area contributed by atoms with Crippen LogP contribution in [0.1, 0.15) is 6.42 Å². The van der Waals surface area contributed by atoms with Crippen LogP contribution in [0, 0.1) is 5.82 Å². The van der Waals surface area contributed by atoms with Gasteiger partial charge in [-0.2, -0.15) is 0 Å². The monoisotopic (exact) mass is 363 g/mol. The van der Waals surface area contributed by atoms with Crippen molar-refractivity contribution >= 4 is 17.7 Å². The lowest BCUT2D eigenvalue weighted by atomic mass is 10.1. The van der Waals surface area contributed by atoms with Gasteiger partial charge in [-0.15, -0.1) is 0 Å². The van der Waals surface area contributed by atoms with Crippen molar-refractivity contribution < 1.29 is 18.7 Å². The number of rotatable bonds is 6. The minimum Gasteiger partial charge on any atom is -0.488 e. The Labute approximate surface area is 149 Å². The normalized spacial score (nSPS) is 20.0. The van der Waals surface area contributed by atoms with Gasteiger partial charge in [-0.1, -0.05) is 17.8 Å². The van der Waals surface area contributed by atoms with E-state index < -0.39 is 0 Å². The van der Waals surface area contributed by atoms with Gasteiger partial charge in [0.15, 0.2) is 5.16 Å². The third-order valence-electron chi connectivity index (χ3n) is 3.60. The standard InChI is InChI=1S/C17H18FN3O3S/c18-12-3-1-4-13(9-12)24-15-5-8-23-10-14(15)21-16(22)11-25-17-19-6-2-7-20-17/h1-4,6-7,9,14-15H,5,8,10-11H2,(H,21,22)/t14-,15+/m1/s1. The molecule has 3 rings (SSSR count). The number of hydrogen-bond acceptors (Lipinski definition) is 6. The first-order valence-electron chi connectivity index (χ1n) is 7.90. The molecule has 6 nitrogen and oxygen atoms in total. The van der Waals surface area contributed by atoms with E-state index in [1.807, 2.05) is 0 Å². The number of thioether (sulfide) groups is 1. The van der Waals surface area contributed by atoms with Gasteiger partial charge in [-0.3, -0.25) is 4.79 Å². The Morgan fingerprint density at radius 3 is 3.00 bits per heavy atom. The molecule has 25 heavy (non-hydrogen) atoms. The molecule has 0 radical (unpaired) electrons. The van der Waals surface area contributed by atoms with Gasteiger partial charge in [0, 0.05) is 24.9 Å². The molecular weight excluding hydrogens is 345 g/mol. The molecule has 1 aliphatic heterocycles. The van der Waals surface area contributed by atoms with E-state index in [-0.39, 0.29) is 29.6 Å². The van der Waals surface area contributed by atoms with Gasteiger partial charge < -0.3 is 14.8 Å². The Balaban J connectivity index is 1.54. The van der Waals surface area contributed by atoms with Crippen LogP contribution in [0.2, 0.25) is 0 Å². The van der Waals surface area contributed by atoms with Crippen molar-refractivity contribution in [2.45, 2.75) is 23.7 Å². The highest BCUT2D eigenvalue weighted by Crippen LogP contribution is 2.19. The van der Waals surface area contributed by atoms with Gasteiger partial charge in [-0.25, -0.2) is 14.4 Å². The van der Waals surface area contributed by atoms with Crippen LogP contribution in [0.5, 0.6) is 5.75 Å². The van der Waals surface area contributed by atoms with E-state index in [2.05, 4.69) is 15.3 Å². The molecule has 0 unspecified atom stereocenters. The zero-order valence-electron chi connectivity index (χ0n) is 13.4. The Bertz CT molecular complexity index is 705. The van der Waals surface area contributed by atoms with E-state index in [9.17, 15) is 9.18 Å². The number of carbonyl (C=O) groups excluding carboxylic acids is 1. The topological polar surface area (TPSA) is 73.3 Å². The molecular formula is C17H18FN3O3S. The lowest BCUT2D eigenvalue weighted by molar-refractivity contribution is -0.121. The lowest BCUT2D eigenvalue weighted by Gasteiger charge is -2.32. The van der Waals surface area contributed by atoms with Crippen LogP contribution >= 0.6 is 11.8 Å². The van der Waals surface area contributed by atoms with E-state index in [4.69, 9.17) is 9.47 Å². The van der Waals surface area contributed by atoms with Crippen molar-refractivity contribution in [2.75, 3.05) is 19.0 Å². The van der Waals surface area contributed by atoms with Crippen LogP contribution in [0.4, 0.5) is 4.39 Å². The van der Waals surface area contributed by atoms with Gasteiger partial charge >= 0.3 is 0 Å². The molecule has 1 aromatic carbocycles. The lowest BCUT2D eigenvalue weighted by Crippen LogP contribution is -2.52. The minimum absolute atomic E-state index is 0.152. The molecule has 1 fully saturated rings. The summed E-state index contributed by atoms with van der Waals surface area (Å²) < 4.78 is 24.6. The average molecular weight is 363 g/mol. The molecule has 132 valence electrons. The Kier molecular flexibility index (Phi) is 6.19. The molecule has 1 amide bonds. The minimum atomic E-state index is -0.357. The molecule has 1 aromatic heterocycles. The maximum absolute atomic E-state index is 13.3. The molecule has 1 saturated heterocycles. The van der Waals surface area contributed by atoms with Crippen LogP contribution in [-0.2, 0) is 9.53 Å². The predicted molar refractivity (Wildman–Crippen MR) is 90.9 cm³/mol. The number of nitrogens with one attached hydrogen (secondary N) is 1.